The van der Waals surface area contributed by atoms with Gasteiger partial charge in [0.05, 0.1) is 6.20 Å². The zero-order valence-corrected chi connectivity index (χ0v) is 10.6. The normalized spacial score (nSPS) is 10.3. The Labute approximate surface area is 106 Å². The molecule has 1 aromatic heterocycles. The SMILES string of the molecule is CN(Cc1cnn(C)c1)c1ccc(C(=N)N)cc1. The van der Waals surface area contributed by atoms with E-state index in [9.17, 15) is 0 Å². The number of nitrogen functional groups attached to an aromatic ring is 1. The number of aryl methyl sites for hydroxylation is 1. The van der Waals surface area contributed by atoms with E-state index >= 15 is 0 Å². The molecule has 2 aromatic rings. The first-order valence-corrected chi connectivity index (χ1v) is 5.69. The van der Waals surface area contributed by atoms with Gasteiger partial charge in [0.15, 0.2) is 0 Å². The van der Waals surface area contributed by atoms with E-state index in [4.69, 9.17) is 11.1 Å². The molecule has 5 nitrogen and oxygen atoms in total. The van der Waals surface area contributed by atoms with Crippen LogP contribution in [0.1, 0.15) is 11.1 Å². The van der Waals surface area contributed by atoms with E-state index in [1.165, 1.54) is 0 Å². The van der Waals surface area contributed by atoms with Crippen molar-refractivity contribution >= 4 is 11.5 Å². The molecule has 0 spiro atoms. The van der Waals surface area contributed by atoms with E-state index in [1.807, 2.05) is 50.8 Å². The van der Waals surface area contributed by atoms with Crippen LogP contribution in [0.5, 0.6) is 0 Å². The van der Waals surface area contributed by atoms with Gasteiger partial charge in [-0.25, -0.2) is 0 Å². The summed E-state index contributed by atoms with van der Waals surface area (Å²) >= 11 is 0. The second-order valence-corrected chi connectivity index (χ2v) is 4.34. The molecule has 1 aromatic carbocycles. The molecule has 0 saturated heterocycles. The Hall–Kier alpha value is -2.30. The minimum Gasteiger partial charge on any atom is -0.384 e. The zero-order valence-electron chi connectivity index (χ0n) is 10.6. The van der Waals surface area contributed by atoms with Crippen LogP contribution in [-0.2, 0) is 13.6 Å². The number of nitrogens with zero attached hydrogens (tertiary/aromatic N) is 3. The summed E-state index contributed by atoms with van der Waals surface area (Å²) in [5, 5.41) is 11.5. The molecule has 0 amide bonds. The van der Waals surface area contributed by atoms with Gasteiger partial charge >= 0.3 is 0 Å². The summed E-state index contributed by atoms with van der Waals surface area (Å²) in [6.45, 7) is 0.799. The van der Waals surface area contributed by atoms with Crippen LogP contribution in [0.2, 0.25) is 0 Å². The van der Waals surface area contributed by atoms with E-state index in [2.05, 4.69) is 10.00 Å². The molecule has 0 fully saturated rings. The molecule has 0 aliphatic heterocycles. The molecule has 0 unspecified atom stereocenters. The standard InChI is InChI=1S/C13H17N5/c1-17(8-10-7-16-18(2)9-10)12-5-3-11(4-6-12)13(14)15/h3-7,9H,8H2,1-2H3,(H3,14,15). The number of aromatic nitrogens is 2. The summed E-state index contributed by atoms with van der Waals surface area (Å²) in [6.07, 6.45) is 3.86. The molecule has 0 atom stereocenters. The van der Waals surface area contributed by atoms with Gasteiger partial charge in [-0.1, -0.05) is 0 Å². The number of hydrogen-bond donors (Lipinski definition) is 2. The van der Waals surface area contributed by atoms with Crippen LogP contribution < -0.4 is 10.6 Å². The smallest absolute Gasteiger partial charge is 0.122 e. The zero-order chi connectivity index (χ0) is 13.1. The second kappa shape index (κ2) is 4.91. The molecule has 18 heavy (non-hydrogen) atoms. The first-order valence-electron chi connectivity index (χ1n) is 5.69. The maximum atomic E-state index is 7.35. The van der Waals surface area contributed by atoms with Crippen molar-refractivity contribution in [3.05, 3.63) is 47.8 Å². The molecule has 0 aliphatic carbocycles. The van der Waals surface area contributed by atoms with E-state index in [-0.39, 0.29) is 5.84 Å². The molecule has 5 heteroatoms. The summed E-state index contributed by atoms with van der Waals surface area (Å²) in [5.41, 5.74) is 8.42. The molecule has 3 N–H and O–H groups in total. The number of amidine groups is 1. The predicted octanol–water partition coefficient (Wildman–Crippen LogP) is 1.34. The van der Waals surface area contributed by atoms with Gasteiger partial charge in [-0.3, -0.25) is 10.1 Å². The van der Waals surface area contributed by atoms with Crippen LogP contribution in [0.3, 0.4) is 0 Å². The Balaban J connectivity index is 2.09. The average Bonchev–Trinajstić information content (AvgIpc) is 2.75. The number of nitrogens with one attached hydrogen (secondary N) is 1. The first-order chi connectivity index (χ1) is 8.56. The van der Waals surface area contributed by atoms with Gasteiger partial charge in [-0.05, 0) is 24.3 Å². The quantitative estimate of drug-likeness (QED) is 0.629. The van der Waals surface area contributed by atoms with Crippen molar-refractivity contribution in [3.8, 4) is 0 Å². The molecule has 0 bridgehead atoms. The fraction of sp³-hybridized carbons (Fsp3) is 0.231. The minimum atomic E-state index is 0.0939. The number of nitrogens with two attached hydrogens (primary N) is 1. The second-order valence-electron chi connectivity index (χ2n) is 4.34. The van der Waals surface area contributed by atoms with E-state index in [0.29, 0.717) is 0 Å². The van der Waals surface area contributed by atoms with Gasteiger partial charge in [-0.2, -0.15) is 5.10 Å². The third kappa shape index (κ3) is 2.68. The number of benzene rings is 1. The van der Waals surface area contributed by atoms with Crippen LogP contribution in [0.15, 0.2) is 36.7 Å². The van der Waals surface area contributed by atoms with E-state index < -0.39 is 0 Å². The lowest BCUT2D eigenvalue weighted by Crippen LogP contribution is -2.16. The van der Waals surface area contributed by atoms with Crippen LogP contribution >= 0.6 is 0 Å². The molecular formula is C13H17N5. The molecular weight excluding hydrogens is 226 g/mol. The van der Waals surface area contributed by atoms with Gasteiger partial charge in [0, 0.05) is 43.7 Å². The van der Waals surface area contributed by atoms with Gasteiger partial charge in [0.1, 0.15) is 5.84 Å². The monoisotopic (exact) mass is 243 g/mol. The van der Waals surface area contributed by atoms with Crippen molar-refractivity contribution in [1.82, 2.24) is 9.78 Å². The van der Waals surface area contributed by atoms with Crippen LogP contribution in [-0.4, -0.2) is 22.7 Å². The van der Waals surface area contributed by atoms with E-state index in [0.717, 1.165) is 23.4 Å². The largest absolute Gasteiger partial charge is 0.384 e. The Bertz CT molecular complexity index is 541. The number of anilines is 1. The molecule has 1 heterocycles. The summed E-state index contributed by atoms with van der Waals surface area (Å²) in [5.74, 6) is 0.0939. The van der Waals surface area contributed by atoms with Crippen molar-refractivity contribution < 1.29 is 0 Å². The Kier molecular flexibility index (Phi) is 3.32. The highest BCUT2D eigenvalue weighted by Crippen LogP contribution is 2.16. The van der Waals surface area contributed by atoms with E-state index in [1.54, 1.807) is 4.68 Å². The van der Waals surface area contributed by atoms with Crippen molar-refractivity contribution in [2.75, 3.05) is 11.9 Å². The van der Waals surface area contributed by atoms with Crippen LogP contribution in [0.25, 0.3) is 0 Å². The minimum absolute atomic E-state index is 0.0939. The summed E-state index contributed by atoms with van der Waals surface area (Å²) in [6, 6.07) is 7.65. The topological polar surface area (TPSA) is 70.9 Å². The summed E-state index contributed by atoms with van der Waals surface area (Å²) < 4.78 is 1.79. The molecule has 0 radical (unpaired) electrons. The third-order valence-electron chi connectivity index (χ3n) is 2.80. The maximum Gasteiger partial charge on any atom is 0.122 e. The number of hydrogen-bond acceptors (Lipinski definition) is 3. The van der Waals surface area contributed by atoms with Crippen molar-refractivity contribution in [3.63, 3.8) is 0 Å². The van der Waals surface area contributed by atoms with Crippen molar-refractivity contribution in [2.24, 2.45) is 12.8 Å². The van der Waals surface area contributed by atoms with Gasteiger partial charge in [0.25, 0.3) is 0 Å². The number of rotatable bonds is 4. The summed E-state index contributed by atoms with van der Waals surface area (Å²) in [7, 11) is 3.93. The highest BCUT2D eigenvalue weighted by Gasteiger charge is 2.04. The van der Waals surface area contributed by atoms with Crippen LogP contribution in [0, 0.1) is 5.41 Å². The Morgan fingerprint density at radius 3 is 2.56 bits per heavy atom. The third-order valence-corrected chi connectivity index (χ3v) is 2.80. The lowest BCUT2D eigenvalue weighted by atomic mass is 10.2. The maximum absolute atomic E-state index is 7.35. The predicted molar refractivity (Wildman–Crippen MR) is 72.8 cm³/mol. The fourth-order valence-corrected chi connectivity index (χ4v) is 1.81. The van der Waals surface area contributed by atoms with Crippen molar-refractivity contribution in [1.29, 1.82) is 5.41 Å². The lowest BCUT2D eigenvalue weighted by Gasteiger charge is -2.18. The fourth-order valence-electron chi connectivity index (χ4n) is 1.81. The van der Waals surface area contributed by atoms with Crippen LogP contribution in [0.4, 0.5) is 5.69 Å². The lowest BCUT2D eigenvalue weighted by molar-refractivity contribution is 0.766. The highest BCUT2D eigenvalue weighted by atomic mass is 15.2. The Morgan fingerprint density at radius 2 is 2.06 bits per heavy atom. The summed E-state index contributed by atoms with van der Waals surface area (Å²) in [4.78, 5) is 2.13. The molecule has 2 rings (SSSR count). The Morgan fingerprint density at radius 1 is 1.39 bits per heavy atom. The average molecular weight is 243 g/mol. The molecule has 0 aliphatic rings. The molecule has 94 valence electrons. The first kappa shape index (κ1) is 12.2. The van der Waals surface area contributed by atoms with Crippen molar-refractivity contribution in [2.45, 2.75) is 6.54 Å². The van der Waals surface area contributed by atoms with Gasteiger partial charge < -0.3 is 10.6 Å². The van der Waals surface area contributed by atoms with Gasteiger partial charge in [0.2, 0.25) is 0 Å². The molecule has 0 saturated carbocycles. The highest BCUT2D eigenvalue weighted by molar-refractivity contribution is 5.95. The van der Waals surface area contributed by atoms with Gasteiger partial charge in [-0.15, -0.1) is 0 Å².